The van der Waals surface area contributed by atoms with Crippen LogP contribution in [-0.2, 0) is 11.3 Å². The Labute approximate surface area is 153 Å². The number of ether oxygens (including phenoxy) is 2. The molecule has 1 aliphatic rings. The Morgan fingerprint density at radius 3 is 2.64 bits per heavy atom. The molecule has 142 valence electrons. The zero-order chi connectivity index (χ0) is 18.2. The number of rotatable bonds is 9. The summed E-state index contributed by atoms with van der Waals surface area (Å²) in [5.41, 5.74) is 0.947. The molecule has 1 saturated heterocycles. The maximum atomic E-state index is 12.2. The van der Waals surface area contributed by atoms with E-state index in [-0.39, 0.29) is 10.8 Å². The number of benzene rings is 1. The van der Waals surface area contributed by atoms with Gasteiger partial charge in [-0.1, -0.05) is 17.7 Å². The number of nitrogens with zero attached hydrogens (tertiary/aromatic N) is 1. The molecule has 2 atom stereocenters. The smallest absolute Gasteiger partial charge is 0.387 e. The van der Waals surface area contributed by atoms with Crippen molar-refractivity contribution in [3.05, 3.63) is 28.8 Å². The fraction of sp³-hybridized carbons (Fsp3) is 0.667. The van der Waals surface area contributed by atoms with Gasteiger partial charge in [0.1, 0.15) is 5.75 Å². The third-order valence-corrected chi connectivity index (χ3v) is 4.41. The van der Waals surface area contributed by atoms with Gasteiger partial charge in [0.25, 0.3) is 0 Å². The van der Waals surface area contributed by atoms with Crippen molar-refractivity contribution >= 4 is 11.6 Å². The van der Waals surface area contributed by atoms with E-state index in [1.54, 1.807) is 12.1 Å². The molecule has 0 aliphatic carbocycles. The minimum atomic E-state index is -2.86. The highest BCUT2D eigenvalue weighted by Crippen LogP contribution is 2.26. The summed E-state index contributed by atoms with van der Waals surface area (Å²) in [5.74, 6) is 0.00869. The highest BCUT2D eigenvalue weighted by Gasteiger charge is 2.21. The van der Waals surface area contributed by atoms with Crippen molar-refractivity contribution in [2.75, 3.05) is 26.2 Å². The Morgan fingerprint density at radius 2 is 2.00 bits per heavy atom. The summed E-state index contributed by atoms with van der Waals surface area (Å²) in [5, 5.41) is 3.56. The van der Waals surface area contributed by atoms with Gasteiger partial charge in [0.05, 0.1) is 17.2 Å². The van der Waals surface area contributed by atoms with Crippen molar-refractivity contribution in [2.45, 2.75) is 52.1 Å². The van der Waals surface area contributed by atoms with E-state index in [2.05, 4.69) is 28.8 Å². The molecule has 4 nitrogen and oxygen atoms in total. The second-order valence-electron chi connectivity index (χ2n) is 6.54. The number of morpholine rings is 1. The standard InChI is InChI=1S/C18H27ClF2N2O2/c1-13-11-23(12-14(2)24-13)8-4-3-7-22-10-15-5-6-17(16(19)9-15)25-18(20)21/h5-6,9,13-14,18,22H,3-4,7-8,10-12H2,1-2H3. The lowest BCUT2D eigenvalue weighted by Gasteiger charge is -2.35. The largest absolute Gasteiger partial charge is 0.433 e. The molecule has 1 aromatic rings. The lowest BCUT2D eigenvalue weighted by Crippen LogP contribution is -2.45. The van der Waals surface area contributed by atoms with Gasteiger partial charge in [-0.15, -0.1) is 0 Å². The quantitative estimate of drug-likeness (QED) is 0.662. The van der Waals surface area contributed by atoms with E-state index in [0.717, 1.165) is 44.6 Å². The summed E-state index contributed by atoms with van der Waals surface area (Å²) in [6.45, 7) is 6.03. The summed E-state index contributed by atoms with van der Waals surface area (Å²) in [6, 6.07) is 4.88. The second kappa shape index (κ2) is 10.3. The van der Waals surface area contributed by atoms with E-state index in [0.29, 0.717) is 18.8 Å². The predicted molar refractivity (Wildman–Crippen MR) is 95.5 cm³/mol. The van der Waals surface area contributed by atoms with Crippen LogP contribution < -0.4 is 10.1 Å². The van der Waals surface area contributed by atoms with Crippen molar-refractivity contribution in [3.63, 3.8) is 0 Å². The third-order valence-electron chi connectivity index (χ3n) is 4.11. The predicted octanol–water partition coefficient (Wildman–Crippen LogP) is 3.92. The Balaban J connectivity index is 1.60. The van der Waals surface area contributed by atoms with Gasteiger partial charge >= 0.3 is 6.61 Å². The SMILES string of the molecule is CC1CN(CCCCNCc2ccc(OC(F)F)c(Cl)c2)CC(C)O1. The molecule has 0 amide bonds. The first-order valence-corrected chi connectivity index (χ1v) is 9.13. The highest BCUT2D eigenvalue weighted by molar-refractivity contribution is 6.32. The van der Waals surface area contributed by atoms with Crippen LogP contribution in [0, 0.1) is 0 Å². The number of alkyl halides is 2. The van der Waals surface area contributed by atoms with E-state index in [4.69, 9.17) is 16.3 Å². The van der Waals surface area contributed by atoms with Crippen LogP contribution in [0.2, 0.25) is 5.02 Å². The molecule has 0 saturated carbocycles. The lowest BCUT2D eigenvalue weighted by atomic mass is 10.2. The number of hydrogen-bond donors (Lipinski definition) is 1. The zero-order valence-corrected chi connectivity index (χ0v) is 15.6. The van der Waals surface area contributed by atoms with Gasteiger partial charge < -0.3 is 14.8 Å². The van der Waals surface area contributed by atoms with Crippen LogP contribution in [-0.4, -0.2) is 49.9 Å². The van der Waals surface area contributed by atoms with E-state index >= 15 is 0 Å². The van der Waals surface area contributed by atoms with E-state index in [9.17, 15) is 8.78 Å². The molecule has 2 rings (SSSR count). The molecular weight excluding hydrogens is 350 g/mol. The molecular formula is C18H27ClF2N2O2. The molecule has 1 fully saturated rings. The average molecular weight is 377 g/mol. The molecule has 1 heterocycles. The molecule has 1 aromatic carbocycles. The van der Waals surface area contributed by atoms with Gasteiger partial charge in [-0.05, 0) is 57.5 Å². The molecule has 7 heteroatoms. The number of halogens is 3. The fourth-order valence-corrected chi connectivity index (χ4v) is 3.38. The van der Waals surface area contributed by atoms with E-state index in [1.807, 2.05) is 0 Å². The van der Waals surface area contributed by atoms with Crippen LogP contribution in [0.25, 0.3) is 0 Å². The van der Waals surface area contributed by atoms with Crippen molar-refractivity contribution in [1.29, 1.82) is 0 Å². The van der Waals surface area contributed by atoms with Gasteiger partial charge in [0.15, 0.2) is 0 Å². The molecule has 1 N–H and O–H groups in total. The third kappa shape index (κ3) is 7.44. The number of nitrogens with one attached hydrogen (secondary N) is 1. The topological polar surface area (TPSA) is 33.7 Å². The Kier molecular flexibility index (Phi) is 8.36. The van der Waals surface area contributed by atoms with Crippen molar-refractivity contribution in [2.24, 2.45) is 0 Å². The molecule has 1 aliphatic heterocycles. The zero-order valence-electron chi connectivity index (χ0n) is 14.8. The number of unbranched alkanes of at least 4 members (excludes halogenated alkanes) is 1. The number of hydrogen-bond acceptors (Lipinski definition) is 4. The molecule has 2 unspecified atom stereocenters. The van der Waals surface area contributed by atoms with Crippen molar-refractivity contribution in [3.8, 4) is 5.75 Å². The first-order chi connectivity index (χ1) is 11.9. The van der Waals surface area contributed by atoms with Crippen molar-refractivity contribution < 1.29 is 18.3 Å². The minimum Gasteiger partial charge on any atom is -0.433 e. The van der Waals surface area contributed by atoms with Crippen LogP contribution in [0.3, 0.4) is 0 Å². The first kappa shape index (κ1) is 20.4. The minimum absolute atomic E-state index is 0.00869. The van der Waals surface area contributed by atoms with Gasteiger partial charge in [-0.2, -0.15) is 8.78 Å². The van der Waals surface area contributed by atoms with Gasteiger partial charge in [0.2, 0.25) is 0 Å². The van der Waals surface area contributed by atoms with E-state index < -0.39 is 6.61 Å². The molecule has 0 bridgehead atoms. The summed E-state index contributed by atoms with van der Waals surface area (Å²) in [6.07, 6.45) is 2.83. The van der Waals surface area contributed by atoms with Crippen LogP contribution in [0.4, 0.5) is 8.78 Å². The fourth-order valence-electron chi connectivity index (χ4n) is 3.13. The molecule has 0 radical (unpaired) electrons. The molecule has 0 spiro atoms. The monoisotopic (exact) mass is 376 g/mol. The van der Waals surface area contributed by atoms with Crippen LogP contribution in [0.5, 0.6) is 5.75 Å². The maximum Gasteiger partial charge on any atom is 0.387 e. The highest BCUT2D eigenvalue weighted by atomic mass is 35.5. The Morgan fingerprint density at radius 1 is 1.28 bits per heavy atom. The van der Waals surface area contributed by atoms with E-state index in [1.165, 1.54) is 6.07 Å². The van der Waals surface area contributed by atoms with Crippen LogP contribution >= 0.6 is 11.6 Å². The van der Waals surface area contributed by atoms with Gasteiger partial charge in [0, 0.05) is 19.6 Å². The lowest BCUT2D eigenvalue weighted by molar-refractivity contribution is -0.0681. The maximum absolute atomic E-state index is 12.2. The molecule has 25 heavy (non-hydrogen) atoms. The second-order valence-corrected chi connectivity index (χ2v) is 6.95. The summed E-state index contributed by atoms with van der Waals surface area (Å²) >= 11 is 5.94. The molecule has 0 aromatic heterocycles. The van der Waals surface area contributed by atoms with Crippen molar-refractivity contribution in [1.82, 2.24) is 10.2 Å². The van der Waals surface area contributed by atoms with Gasteiger partial charge in [-0.3, -0.25) is 4.90 Å². The summed E-state index contributed by atoms with van der Waals surface area (Å²) in [4.78, 5) is 2.46. The van der Waals surface area contributed by atoms with Gasteiger partial charge in [-0.25, -0.2) is 0 Å². The average Bonchev–Trinajstić information content (AvgIpc) is 2.52. The normalized spacial score (nSPS) is 21.7. The van der Waals surface area contributed by atoms with Crippen LogP contribution in [0.15, 0.2) is 18.2 Å². The first-order valence-electron chi connectivity index (χ1n) is 8.76. The Bertz CT molecular complexity index is 524. The summed E-state index contributed by atoms with van der Waals surface area (Å²) in [7, 11) is 0. The van der Waals surface area contributed by atoms with Crippen LogP contribution in [0.1, 0.15) is 32.3 Å². The summed E-state index contributed by atoms with van der Waals surface area (Å²) < 4.78 is 34.5. The Hall–Kier alpha value is -0.950.